The number of ether oxygens (including phenoxy) is 1. The summed E-state index contributed by atoms with van der Waals surface area (Å²) in [7, 11) is 0. The zero-order valence-corrected chi connectivity index (χ0v) is 21.3. The van der Waals surface area contributed by atoms with Gasteiger partial charge in [-0.05, 0) is 41.8 Å². The zero-order valence-electron chi connectivity index (χ0n) is 20.5. The monoisotopic (exact) mass is 555 g/mol. The molecule has 0 aliphatic rings. The van der Waals surface area contributed by atoms with Gasteiger partial charge < -0.3 is 15.4 Å². The molecule has 1 aromatic heterocycles. The number of carbonyl (C=O) groups is 1. The molecule has 0 aliphatic heterocycles. The van der Waals surface area contributed by atoms with E-state index in [0.29, 0.717) is 18.2 Å². The van der Waals surface area contributed by atoms with Crippen LogP contribution in [0, 0.1) is 5.82 Å². The van der Waals surface area contributed by atoms with E-state index in [4.69, 9.17) is 11.6 Å². The van der Waals surface area contributed by atoms with Crippen LogP contribution in [0.2, 0.25) is 5.02 Å². The first kappa shape index (κ1) is 29.2. The van der Waals surface area contributed by atoms with Gasteiger partial charge in [-0.25, -0.2) is 9.18 Å². The van der Waals surface area contributed by atoms with Gasteiger partial charge in [0.1, 0.15) is 17.1 Å². The molecule has 0 fully saturated rings. The molecule has 2 aromatic carbocycles. The number of benzene rings is 2. The van der Waals surface area contributed by atoms with Crippen molar-refractivity contribution in [2.45, 2.75) is 50.7 Å². The SMILES string of the molecule is CCCCCNC(=O)N[C@@](Cc1ccccc1)(c1cc(F)cc(OC(F)(F)C(F)F)c1)c1ccc(Cl)cn1. The first-order valence-electron chi connectivity index (χ1n) is 11.9. The van der Waals surface area contributed by atoms with Gasteiger partial charge in [-0.3, -0.25) is 4.98 Å². The van der Waals surface area contributed by atoms with Crippen LogP contribution in [0.5, 0.6) is 5.75 Å². The molecule has 1 heterocycles. The second kappa shape index (κ2) is 12.9. The van der Waals surface area contributed by atoms with E-state index in [2.05, 4.69) is 20.4 Å². The van der Waals surface area contributed by atoms with Crippen molar-refractivity contribution in [3.8, 4) is 5.75 Å². The quantitative estimate of drug-likeness (QED) is 0.185. The lowest BCUT2D eigenvalue weighted by molar-refractivity contribution is -0.253. The Morgan fingerprint density at radius 2 is 1.82 bits per heavy atom. The minimum atomic E-state index is -4.87. The van der Waals surface area contributed by atoms with E-state index >= 15 is 0 Å². The summed E-state index contributed by atoms with van der Waals surface area (Å²) in [5.74, 6) is -1.89. The summed E-state index contributed by atoms with van der Waals surface area (Å²) in [5, 5.41) is 5.86. The van der Waals surface area contributed by atoms with E-state index in [1.165, 1.54) is 18.3 Å². The molecule has 0 saturated heterocycles. The summed E-state index contributed by atoms with van der Waals surface area (Å²) in [5.41, 5.74) is -0.812. The summed E-state index contributed by atoms with van der Waals surface area (Å²) in [6.45, 7) is 2.37. The Morgan fingerprint density at radius 3 is 2.45 bits per heavy atom. The molecule has 0 bridgehead atoms. The van der Waals surface area contributed by atoms with Crippen molar-refractivity contribution >= 4 is 17.6 Å². The normalized spacial score (nSPS) is 13.2. The number of aromatic nitrogens is 1. The van der Waals surface area contributed by atoms with Gasteiger partial charge in [0.15, 0.2) is 0 Å². The van der Waals surface area contributed by atoms with Crippen LogP contribution in [0.25, 0.3) is 0 Å². The van der Waals surface area contributed by atoms with Crippen LogP contribution < -0.4 is 15.4 Å². The van der Waals surface area contributed by atoms with Gasteiger partial charge in [0.25, 0.3) is 0 Å². The second-order valence-corrected chi connectivity index (χ2v) is 9.09. The van der Waals surface area contributed by atoms with Gasteiger partial charge in [0.05, 0.1) is 10.7 Å². The Bertz CT molecular complexity index is 1200. The predicted molar refractivity (Wildman–Crippen MR) is 134 cm³/mol. The predicted octanol–water partition coefficient (Wildman–Crippen LogP) is 7.09. The molecule has 0 spiro atoms. The number of alkyl halides is 4. The van der Waals surface area contributed by atoms with Crippen molar-refractivity contribution in [1.82, 2.24) is 15.6 Å². The number of urea groups is 1. The van der Waals surface area contributed by atoms with E-state index in [1.807, 2.05) is 6.92 Å². The molecule has 1 atom stereocenters. The maximum atomic E-state index is 14.8. The van der Waals surface area contributed by atoms with E-state index < -0.39 is 35.7 Å². The Balaban J connectivity index is 2.16. The number of amides is 2. The third-order valence-corrected chi connectivity index (χ3v) is 5.97. The standard InChI is InChI=1S/C27H27ClF5N3O2/c1-2-3-7-12-34-25(37)36-26(16-18-8-5-4-6-9-18,23-11-10-20(28)17-35-23)19-13-21(29)15-22(14-19)38-27(32,33)24(30)31/h4-6,8-11,13-15,17,24H,2-3,7,12,16H2,1H3,(H2,34,36,37)/t26-/m0/s1. The number of pyridine rings is 1. The fourth-order valence-electron chi connectivity index (χ4n) is 3.94. The maximum absolute atomic E-state index is 14.8. The summed E-state index contributed by atoms with van der Waals surface area (Å²) in [6, 6.07) is 13.7. The molecule has 38 heavy (non-hydrogen) atoms. The Kier molecular flexibility index (Phi) is 9.90. The minimum Gasteiger partial charge on any atom is -0.428 e. The highest BCUT2D eigenvalue weighted by molar-refractivity contribution is 6.30. The van der Waals surface area contributed by atoms with Crippen LogP contribution >= 0.6 is 11.6 Å². The molecule has 2 amide bonds. The fourth-order valence-corrected chi connectivity index (χ4v) is 4.05. The van der Waals surface area contributed by atoms with E-state index in [-0.39, 0.29) is 22.7 Å². The first-order chi connectivity index (χ1) is 18.1. The van der Waals surface area contributed by atoms with Crippen molar-refractivity contribution in [2.24, 2.45) is 0 Å². The topological polar surface area (TPSA) is 63.2 Å². The molecule has 3 rings (SSSR count). The highest BCUT2D eigenvalue weighted by Crippen LogP contribution is 2.37. The Hall–Kier alpha value is -3.40. The van der Waals surface area contributed by atoms with Crippen LogP contribution in [0.4, 0.5) is 26.7 Å². The number of unbranched alkanes of at least 4 members (excludes halogenated alkanes) is 2. The highest BCUT2D eigenvalue weighted by atomic mass is 35.5. The smallest absolute Gasteiger partial charge is 0.428 e. The van der Waals surface area contributed by atoms with E-state index in [9.17, 15) is 26.7 Å². The van der Waals surface area contributed by atoms with Gasteiger partial charge in [-0.15, -0.1) is 0 Å². The number of nitrogens with zero attached hydrogens (tertiary/aromatic N) is 1. The summed E-state index contributed by atoms with van der Waals surface area (Å²) in [6.07, 6.45) is -5.15. The fraction of sp³-hybridized carbons (Fsp3) is 0.333. The minimum absolute atomic E-state index is 0.00101. The van der Waals surface area contributed by atoms with Crippen LogP contribution in [-0.4, -0.2) is 30.1 Å². The molecule has 5 nitrogen and oxygen atoms in total. The molecule has 2 N–H and O–H groups in total. The molecule has 3 aromatic rings. The van der Waals surface area contributed by atoms with Gasteiger partial charge in [0.2, 0.25) is 0 Å². The van der Waals surface area contributed by atoms with Crippen LogP contribution in [0.3, 0.4) is 0 Å². The number of hydrogen-bond acceptors (Lipinski definition) is 3. The average Bonchev–Trinajstić information content (AvgIpc) is 2.86. The second-order valence-electron chi connectivity index (χ2n) is 8.66. The van der Waals surface area contributed by atoms with Gasteiger partial charge in [-0.1, -0.05) is 61.7 Å². The molecule has 0 unspecified atom stereocenters. The first-order valence-corrected chi connectivity index (χ1v) is 12.3. The third kappa shape index (κ3) is 7.56. The van der Waals surface area contributed by atoms with Crippen molar-refractivity contribution in [1.29, 1.82) is 0 Å². The van der Waals surface area contributed by atoms with Crippen LogP contribution in [0.15, 0.2) is 66.9 Å². The zero-order chi connectivity index (χ0) is 27.8. The lowest BCUT2D eigenvalue weighted by Gasteiger charge is -2.36. The van der Waals surface area contributed by atoms with Crippen LogP contribution in [0.1, 0.15) is 43.0 Å². The molecular formula is C27H27ClF5N3O2. The third-order valence-electron chi connectivity index (χ3n) is 5.74. The Labute approximate surface area is 222 Å². The lowest BCUT2D eigenvalue weighted by Crippen LogP contribution is -2.52. The van der Waals surface area contributed by atoms with E-state index in [0.717, 1.165) is 31.4 Å². The lowest BCUT2D eigenvalue weighted by atomic mass is 9.80. The summed E-state index contributed by atoms with van der Waals surface area (Å²) in [4.78, 5) is 17.4. The molecule has 0 saturated carbocycles. The number of carbonyl (C=O) groups excluding carboxylic acids is 1. The van der Waals surface area contributed by atoms with E-state index in [1.54, 1.807) is 30.3 Å². The summed E-state index contributed by atoms with van der Waals surface area (Å²) < 4.78 is 72.0. The maximum Gasteiger partial charge on any atom is 0.461 e. The number of nitrogens with one attached hydrogen (secondary N) is 2. The van der Waals surface area contributed by atoms with Crippen LogP contribution in [-0.2, 0) is 12.0 Å². The molecule has 11 heteroatoms. The van der Waals surface area contributed by atoms with Gasteiger partial charge in [0, 0.05) is 25.2 Å². The molecular weight excluding hydrogens is 529 g/mol. The molecule has 0 aliphatic carbocycles. The number of hydrogen-bond donors (Lipinski definition) is 2. The highest BCUT2D eigenvalue weighted by Gasteiger charge is 2.45. The number of halogens is 6. The van der Waals surface area contributed by atoms with Crippen molar-refractivity contribution in [3.63, 3.8) is 0 Å². The number of rotatable bonds is 12. The molecule has 204 valence electrons. The van der Waals surface area contributed by atoms with Crippen molar-refractivity contribution < 1.29 is 31.5 Å². The average molecular weight is 556 g/mol. The van der Waals surface area contributed by atoms with Gasteiger partial charge in [-0.2, -0.15) is 17.6 Å². The molecule has 0 radical (unpaired) electrons. The van der Waals surface area contributed by atoms with Crippen molar-refractivity contribution in [2.75, 3.05) is 6.54 Å². The largest absolute Gasteiger partial charge is 0.461 e. The Morgan fingerprint density at radius 1 is 1.08 bits per heavy atom. The summed E-state index contributed by atoms with van der Waals surface area (Å²) >= 11 is 6.03. The van der Waals surface area contributed by atoms with Crippen molar-refractivity contribution in [3.05, 3.63) is 94.5 Å². The van der Waals surface area contributed by atoms with Gasteiger partial charge >= 0.3 is 18.6 Å².